The first-order valence-electron chi connectivity index (χ1n) is 7.01. The van der Waals surface area contributed by atoms with Gasteiger partial charge in [0.2, 0.25) is 0 Å². The smallest absolute Gasteiger partial charge is 0.0825 e. The minimum absolute atomic E-state index is 0.110. The predicted octanol–water partition coefficient (Wildman–Crippen LogP) is 2.26. The molecule has 0 amide bonds. The van der Waals surface area contributed by atoms with Gasteiger partial charge in [-0.05, 0) is 45.1 Å². The van der Waals surface area contributed by atoms with E-state index in [1.807, 2.05) is 0 Å². The molecule has 1 aliphatic heterocycles. The molecule has 0 spiro atoms. The molecule has 1 rings (SSSR count). The van der Waals surface area contributed by atoms with E-state index in [-0.39, 0.29) is 11.3 Å². The lowest BCUT2D eigenvalue weighted by molar-refractivity contribution is -0.0351. The summed E-state index contributed by atoms with van der Waals surface area (Å²) in [7, 11) is -1.34. The van der Waals surface area contributed by atoms with E-state index in [0.717, 1.165) is 32.4 Å². The molecule has 2 unspecified atom stereocenters. The zero-order chi connectivity index (χ0) is 12.9. The Kier molecular flexibility index (Phi) is 5.63. The average molecular weight is 258 g/mol. The van der Waals surface area contributed by atoms with Crippen molar-refractivity contribution in [1.29, 1.82) is 0 Å². The van der Waals surface area contributed by atoms with Crippen LogP contribution in [-0.4, -0.2) is 32.5 Å². The molecule has 1 aliphatic rings. The molecule has 102 valence electrons. The molecule has 0 aromatic heterocycles. The van der Waals surface area contributed by atoms with Gasteiger partial charge in [0.15, 0.2) is 0 Å². The second-order valence-electron chi connectivity index (χ2n) is 6.44. The van der Waals surface area contributed by atoms with E-state index in [1.54, 1.807) is 0 Å². The Labute approximate surface area is 107 Å². The molecule has 0 radical (unpaired) electrons. The van der Waals surface area contributed by atoms with Crippen LogP contribution >= 0.6 is 0 Å². The molecule has 0 aromatic carbocycles. The maximum Gasteiger partial charge on any atom is 0.0825 e. The standard InChI is InChI=1S/C13H30N2OSi/c1-17(2,3)13(8-4-5-10-16-13)11-12(15)7-6-9-14/h12H,4-11,14-15H2,1-3H3. The van der Waals surface area contributed by atoms with Crippen LogP contribution in [0.15, 0.2) is 0 Å². The van der Waals surface area contributed by atoms with Crippen molar-refractivity contribution in [3.8, 4) is 0 Å². The summed E-state index contributed by atoms with van der Waals surface area (Å²) >= 11 is 0. The van der Waals surface area contributed by atoms with Crippen LogP contribution in [0.3, 0.4) is 0 Å². The van der Waals surface area contributed by atoms with Crippen LogP contribution in [0.5, 0.6) is 0 Å². The summed E-state index contributed by atoms with van der Waals surface area (Å²) < 4.78 is 6.23. The summed E-state index contributed by atoms with van der Waals surface area (Å²) in [4.78, 5) is 0. The van der Waals surface area contributed by atoms with E-state index >= 15 is 0 Å². The first-order valence-corrected chi connectivity index (χ1v) is 10.5. The third kappa shape index (κ3) is 4.05. The summed E-state index contributed by atoms with van der Waals surface area (Å²) in [5.41, 5.74) is 11.8. The lowest BCUT2D eigenvalue weighted by Gasteiger charge is -2.47. The van der Waals surface area contributed by atoms with Gasteiger partial charge in [0.05, 0.1) is 13.3 Å². The maximum atomic E-state index is 6.26. The summed E-state index contributed by atoms with van der Waals surface area (Å²) in [6.45, 7) is 8.90. The Morgan fingerprint density at radius 1 is 1.29 bits per heavy atom. The van der Waals surface area contributed by atoms with Gasteiger partial charge in [-0.1, -0.05) is 19.6 Å². The number of ether oxygens (including phenoxy) is 1. The second-order valence-corrected chi connectivity index (χ2v) is 11.9. The predicted molar refractivity (Wildman–Crippen MR) is 76.8 cm³/mol. The zero-order valence-corrected chi connectivity index (χ0v) is 12.8. The minimum atomic E-state index is -1.34. The van der Waals surface area contributed by atoms with Gasteiger partial charge >= 0.3 is 0 Å². The van der Waals surface area contributed by atoms with Crippen molar-refractivity contribution in [3.05, 3.63) is 0 Å². The first kappa shape index (κ1) is 15.2. The summed E-state index contributed by atoms with van der Waals surface area (Å²) in [6.07, 6.45) is 6.81. The van der Waals surface area contributed by atoms with Crippen molar-refractivity contribution < 1.29 is 4.74 Å². The van der Waals surface area contributed by atoms with Crippen molar-refractivity contribution >= 4 is 8.07 Å². The van der Waals surface area contributed by atoms with Gasteiger partial charge in [0.1, 0.15) is 0 Å². The van der Waals surface area contributed by atoms with Crippen LogP contribution in [0.25, 0.3) is 0 Å². The van der Waals surface area contributed by atoms with Crippen molar-refractivity contribution in [2.24, 2.45) is 11.5 Å². The SMILES string of the molecule is C[Si](C)(C)C1(CC(N)CCCN)CCCCO1. The topological polar surface area (TPSA) is 61.3 Å². The average Bonchev–Trinajstić information content (AvgIpc) is 2.26. The van der Waals surface area contributed by atoms with Crippen LogP contribution in [0, 0.1) is 0 Å². The molecule has 1 saturated heterocycles. The Balaban J connectivity index is 2.64. The van der Waals surface area contributed by atoms with Gasteiger partial charge in [-0.2, -0.15) is 0 Å². The molecule has 3 nitrogen and oxygen atoms in total. The third-order valence-electron chi connectivity index (χ3n) is 4.09. The summed E-state index contributed by atoms with van der Waals surface area (Å²) in [5, 5.41) is 0.110. The molecule has 4 N–H and O–H groups in total. The molecule has 4 heteroatoms. The van der Waals surface area contributed by atoms with Crippen LogP contribution < -0.4 is 11.5 Å². The van der Waals surface area contributed by atoms with E-state index in [0.29, 0.717) is 0 Å². The molecule has 1 heterocycles. The summed E-state index contributed by atoms with van der Waals surface area (Å²) in [5.74, 6) is 0. The van der Waals surface area contributed by atoms with Gasteiger partial charge in [0.25, 0.3) is 0 Å². The molecule has 0 aliphatic carbocycles. The second kappa shape index (κ2) is 6.32. The van der Waals surface area contributed by atoms with Gasteiger partial charge in [-0.25, -0.2) is 0 Å². The highest BCUT2D eigenvalue weighted by Crippen LogP contribution is 2.38. The van der Waals surface area contributed by atoms with E-state index in [4.69, 9.17) is 16.2 Å². The Hall–Kier alpha value is 0.0969. The van der Waals surface area contributed by atoms with Crippen molar-refractivity contribution in [3.63, 3.8) is 0 Å². The molecular formula is C13H30N2OSi. The Morgan fingerprint density at radius 3 is 2.47 bits per heavy atom. The first-order chi connectivity index (χ1) is 7.91. The van der Waals surface area contributed by atoms with E-state index in [9.17, 15) is 0 Å². The highest BCUT2D eigenvalue weighted by molar-refractivity contribution is 6.79. The maximum absolute atomic E-state index is 6.26. The highest BCUT2D eigenvalue weighted by atomic mass is 28.3. The van der Waals surface area contributed by atoms with Gasteiger partial charge in [-0.3, -0.25) is 0 Å². The van der Waals surface area contributed by atoms with Crippen LogP contribution in [0.4, 0.5) is 0 Å². The molecule has 17 heavy (non-hydrogen) atoms. The third-order valence-corrected chi connectivity index (χ3v) is 7.42. The fourth-order valence-electron chi connectivity index (χ4n) is 2.82. The number of hydrogen-bond acceptors (Lipinski definition) is 3. The molecule has 0 saturated carbocycles. The largest absolute Gasteiger partial charge is 0.378 e. The van der Waals surface area contributed by atoms with Crippen LogP contribution in [0.2, 0.25) is 19.6 Å². The lowest BCUT2D eigenvalue weighted by atomic mass is 9.98. The fourth-order valence-corrected chi connectivity index (χ4v) is 5.15. The van der Waals surface area contributed by atoms with E-state index in [2.05, 4.69) is 19.6 Å². The van der Waals surface area contributed by atoms with Gasteiger partial charge < -0.3 is 16.2 Å². The number of rotatable bonds is 6. The molecule has 0 bridgehead atoms. The van der Waals surface area contributed by atoms with Gasteiger partial charge in [0, 0.05) is 12.6 Å². The number of nitrogens with two attached hydrogens (primary N) is 2. The summed E-state index contributed by atoms with van der Waals surface area (Å²) in [6, 6.07) is 0.253. The van der Waals surface area contributed by atoms with E-state index in [1.165, 1.54) is 19.3 Å². The molecular weight excluding hydrogens is 228 g/mol. The van der Waals surface area contributed by atoms with Crippen molar-refractivity contribution in [2.45, 2.75) is 69.4 Å². The van der Waals surface area contributed by atoms with Gasteiger partial charge in [-0.15, -0.1) is 0 Å². The zero-order valence-electron chi connectivity index (χ0n) is 11.8. The normalized spacial score (nSPS) is 28.1. The quantitative estimate of drug-likeness (QED) is 0.718. The Bertz CT molecular complexity index is 222. The van der Waals surface area contributed by atoms with Crippen LogP contribution in [0.1, 0.15) is 38.5 Å². The minimum Gasteiger partial charge on any atom is -0.378 e. The molecule has 0 aromatic rings. The highest BCUT2D eigenvalue weighted by Gasteiger charge is 2.46. The number of hydrogen-bond donors (Lipinski definition) is 2. The Morgan fingerprint density at radius 2 is 2.00 bits per heavy atom. The molecule has 2 atom stereocenters. The lowest BCUT2D eigenvalue weighted by Crippen LogP contribution is -2.58. The fraction of sp³-hybridized carbons (Fsp3) is 1.00. The van der Waals surface area contributed by atoms with Crippen molar-refractivity contribution in [1.82, 2.24) is 0 Å². The van der Waals surface area contributed by atoms with E-state index < -0.39 is 8.07 Å². The van der Waals surface area contributed by atoms with Crippen LogP contribution in [-0.2, 0) is 4.74 Å². The monoisotopic (exact) mass is 258 g/mol. The van der Waals surface area contributed by atoms with Crippen molar-refractivity contribution in [2.75, 3.05) is 13.2 Å². The molecule has 1 fully saturated rings.